The van der Waals surface area contributed by atoms with Crippen LogP contribution in [0.25, 0.3) is 0 Å². The molecule has 6 nitrogen and oxygen atoms in total. The molecule has 5 rings (SSSR count). The van der Waals surface area contributed by atoms with Gasteiger partial charge in [0.2, 0.25) is 0 Å². The minimum atomic E-state index is -0.0976. The number of rotatable bonds is 8. The molecule has 2 atom stereocenters. The van der Waals surface area contributed by atoms with E-state index in [1.54, 1.807) is 7.11 Å². The Morgan fingerprint density at radius 2 is 1.57 bits per heavy atom. The van der Waals surface area contributed by atoms with Gasteiger partial charge in [0, 0.05) is 11.7 Å². The highest BCUT2D eigenvalue weighted by Crippen LogP contribution is 2.61. The summed E-state index contributed by atoms with van der Waals surface area (Å²) in [5, 5.41) is 6.18. The van der Waals surface area contributed by atoms with Gasteiger partial charge in [0.15, 0.2) is 13.1 Å². The number of ether oxygens (including phenoxy) is 1. The van der Waals surface area contributed by atoms with E-state index in [0.717, 1.165) is 34.1 Å². The van der Waals surface area contributed by atoms with Gasteiger partial charge in [-0.1, -0.05) is 0 Å². The summed E-state index contributed by atoms with van der Waals surface area (Å²) in [5.74, 6) is 3.34. The van der Waals surface area contributed by atoms with E-state index in [1.807, 2.05) is 31.3 Å². The lowest BCUT2D eigenvalue weighted by molar-refractivity contribution is -0.862. The number of nitrogens with one attached hydrogen (secondary N) is 3. The highest BCUT2D eigenvalue weighted by Gasteiger charge is 2.53. The number of amides is 2. The SMILES string of the molecule is COc1ccc(NC(=O)C[NH+](C)CC(=O)N[C@H](C)C23CC4CC(CC(C4)C2)C3)cc1. The molecule has 1 unspecified atom stereocenters. The number of carbonyl (C=O) groups is 2. The second-order valence-corrected chi connectivity index (χ2v) is 10.2. The van der Waals surface area contributed by atoms with Gasteiger partial charge in [-0.2, -0.15) is 0 Å². The first-order valence-corrected chi connectivity index (χ1v) is 11.4. The number of methoxy groups -OCH3 is 1. The molecule has 4 saturated carbocycles. The van der Waals surface area contributed by atoms with Crippen LogP contribution in [0.5, 0.6) is 5.75 Å². The molecule has 4 aliphatic rings. The predicted octanol–water partition coefficient (Wildman–Crippen LogP) is 1.87. The monoisotopic (exact) mass is 414 g/mol. The van der Waals surface area contributed by atoms with Gasteiger partial charge in [-0.05, 0) is 92.9 Å². The summed E-state index contributed by atoms with van der Waals surface area (Å²) in [6, 6.07) is 7.47. The first kappa shape index (κ1) is 21.2. The number of quaternary nitrogens is 1. The van der Waals surface area contributed by atoms with E-state index in [2.05, 4.69) is 17.6 Å². The Morgan fingerprint density at radius 1 is 1.03 bits per heavy atom. The Kier molecular flexibility index (Phi) is 6.05. The van der Waals surface area contributed by atoms with E-state index in [4.69, 9.17) is 4.74 Å². The van der Waals surface area contributed by atoms with Crippen LogP contribution in [0.3, 0.4) is 0 Å². The fourth-order valence-corrected chi connectivity index (χ4v) is 6.64. The summed E-state index contributed by atoms with van der Waals surface area (Å²) in [5.41, 5.74) is 1.04. The minimum Gasteiger partial charge on any atom is -0.497 e. The Morgan fingerprint density at radius 3 is 2.10 bits per heavy atom. The van der Waals surface area contributed by atoms with Gasteiger partial charge in [-0.15, -0.1) is 0 Å². The maximum absolute atomic E-state index is 12.7. The predicted molar refractivity (Wildman–Crippen MR) is 116 cm³/mol. The largest absolute Gasteiger partial charge is 0.497 e. The van der Waals surface area contributed by atoms with Crippen molar-refractivity contribution in [3.8, 4) is 5.75 Å². The molecule has 0 heterocycles. The Balaban J connectivity index is 1.24. The van der Waals surface area contributed by atoms with E-state index >= 15 is 0 Å². The van der Waals surface area contributed by atoms with E-state index < -0.39 is 0 Å². The van der Waals surface area contributed by atoms with Crippen molar-refractivity contribution in [2.24, 2.45) is 23.2 Å². The van der Waals surface area contributed by atoms with Crippen LogP contribution in [0.2, 0.25) is 0 Å². The van der Waals surface area contributed by atoms with Crippen molar-refractivity contribution in [3.05, 3.63) is 24.3 Å². The average molecular weight is 415 g/mol. The summed E-state index contributed by atoms with van der Waals surface area (Å²) < 4.78 is 5.13. The first-order chi connectivity index (χ1) is 14.3. The Hall–Kier alpha value is -2.08. The molecule has 0 spiro atoms. The lowest BCUT2D eigenvalue weighted by Gasteiger charge is -2.59. The van der Waals surface area contributed by atoms with Gasteiger partial charge >= 0.3 is 0 Å². The quantitative estimate of drug-likeness (QED) is 0.608. The fraction of sp³-hybridized carbons (Fsp3) is 0.667. The highest BCUT2D eigenvalue weighted by molar-refractivity contribution is 5.91. The zero-order valence-electron chi connectivity index (χ0n) is 18.5. The zero-order valence-corrected chi connectivity index (χ0v) is 18.5. The minimum absolute atomic E-state index is 0.0491. The van der Waals surface area contributed by atoms with Crippen LogP contribution in [0.1, 0.15) is 45.4 Å². The topological polar surface area (TPSA) is 71.9 Å². The second-order valence-electron chi connectivity index (χ2n) is 10.2. The summed E-state index contributed by atoms with van der Waals surface area (Å²) in [6.45, 7) is 2.77. The highest BCUT2D eigenvalue weighted by atomic mass is 16.5. The van der Waals surface area contributed by atoms with Crippen LogP contribution in [-0.2, 0) is 9.59 Å². The molecule has 4 fully saturated rings. The van der Waals surface area contributed by atoms with Crippen molar-refractivity contribution in [1.82, 2.24) is 5.32 Å². The maximum atomic E-state index is 12.7. The molecular formula is C24H36N3O3+. The molecule has 164 valence electrons. The third-order valence-electron chi connectivity index (χ3n) is 7.68. The van der Waals surface area contributed by atoms with E-state index in [9.17, 15) is 9.59 Å². The fourth-order valence-electron chi connectivity index (χ4n) is 6.64. The standard InChI is InChI=1S/C24H35N3O3/c1-16(24-11-17-8-18(12-24)10-19(9-17)13-24)25-22(28)14-27(2)15-23(29)26-20-4-6-21(30-3)7-5-20/h4-7,16-19H,8-15H2,1-3H3,(H,25,28)(H,26,29)/p+1/t16-,17?,18?,19?,24?/m1/s1. The number of benzene rings is 1. The van der Waals surface area contributed by atoms with Gasteiger partial charge in [0.1, 0.15) is 5.75 Å². The number of likely N-dealkylation sites (N-methyl/N-ethyl adjacent to an activating group) is 1. The maximum Gasteiger partial charge on any atom is 0.279 e. The summed E-state index contributed by atoms with van der Waals surface area (Å²) in [4.78, 5) is 25.9. The van der Waals surface area contributed by atoms with Crippen LogP contribution >= 0.6 is 0 Å². The molecule has 0 aromatic heterocycles. The molecule has 2 amide bonds. The third-order valence-corrected chi connectivity index (χ3v) is 7.68. The number of hydrogen-bond acceptors (Lipinski definition) is 3. The van der Waals surface area contributed by atoms with Crippen LogP contribution in [0.15, 0.2) is 24.3 Å². The van der Waals surface area contributed by atoms with Crippen molar-refractivity contribution >= 4 is 17.5 Å². The molecule has 0 radical (unpaired) electrons. The second kappa shape index (κ2) is 8.58. The molecule has 6 heteroatoms. The van der Waals surface area contributed by atoms with Gasteiger partial charge in [-0.25, -0.2) is 0 Å². The molecule has 3 N–H and O–H groups in total. The average Bonchev–Trinajstić information content (AvgIpc) is 2.67. The van der Waals surface area contributed by atoms with Crippen LogP contribution < -0.4 is 20.3 Å². The van der Waals surface area contributed by atoms with Gasteiger partial charge in [0.25, 0.3) is 11.8 Å². The normalized spacial score (nSPS) is 31.1. The van der Waals surface area contributed by atoms with Crippen molar-refractivity contribution in [1.29, 1.82) is 0 Å². The Bertz CT molecular complexity index is 741. The van der Waals surface area contributed by atoms with Crippen molar-refractivity contribution in [2.75, 3.05) is 32.6 Å². The number of anilines is 1. The molecule has 1 aromatic carbocycles. The van der Waals surface area contributed by atoms with E-state index in [-0.39, 0.29) is 24.4 Å². The van der Waals surface area contributed by atoms with Gasteiger partial charge < -0.3 is 20.3 Å². The molecule has 4 bridgehead atoms. The van der Waals surface area contributed by atoms with Crippen molar-refractivity contribution < 1.29 is 19.2 Å². The van der Waals surface area contributed by atoms with E-state index in [0.29, 0.717) is 12.0 Å². The molecule has 4 aliphatic carbocycles. The van der Waals surface area contributed by atoms with Gasteiger partial charge in [-0.3, -0.25) is 9.59 Å². The van der Waals surface area contributed by atoms with Crippen LogP contribution in [-0.4, -0.2) is 45.1 Å². The molecule has 0 aliphatic heterocycles. The molecular weight excluding hydrogens is 378 g/mol. The van der Waals surface area contributed by atoms with E-state index in [1.165, 1.54) is 38.5 Å². The van der Waals surface area contributed by atoms with Crippen molar-refractivity contribution in [3.63, 3.8) is 0 Å². The van der Waals surface area contributed by atoms with Crippen LogP contribution in [0.4, 0.5) is 5.69 Å². The third kappa shape index (κ3) is 4.64. The molecule has 1 aromatic rings. The van der Waals surface area contributed by atoms with Crippen LogP contribution in [0, 0.1) is 23.2 Å². The smallest absolute Gasteiger partial charge is 0.279 e. The molecule has 30 heavy (non-hydrogen) atoms. The first-order valence-electron chi connectivity index (χ1n) is 11.4. The molecule has 0 saturated heterocycles. The van der Waals surface area contributed by atoms with Gasteiger partial charge in [0.05, 0.1) is 14.2 Å². The summed E-state index contributed by atoms with van der Waals surface area (Å²) >= 11 is 0. The summed E-state index contributed by atoms with van der Waals surface area (Å²) in [7, 11) is 3.50. The number of hydrogen-bond donors (Lipinski definition) is 3. The lowest BCUT2D eigenvalue weighted by Crippen LogP contribution is -3.11. The Labute approximate surface area is 179 Å². The number of carbonyl (C=O) groups excluding carboxylic acids is 2. The zero-order chi connectivity index (χ0) is 21.3. The summed E-state index contributed by atoms with van der Waals surface area (Å²) in [6.07, 6.45) is 8.09. The lowest BCUT2D eigenvalue weighted by atomic mass is 9.48. The van der Waals surface area contributed by atoms with Crippen molar-refractivity contribution in [2.45, 2.75) is 51.5 Å².